The Hall–Kier alpha value is -2.22. The highest BCUT2D eigenvalue weighted by molar-refractivity contribution is 7.86. The molecule has 0 aliphatic rings. The second-order valence-electron chi connectivity index (χ2n) is 6.69. The molecule has 1 heterocycles. The Morgan fingerprint density at radius 3 is 1.88 bits per heavy atom. The van der Waals surface area contributed by atoms with E-state index in [1.165, 1.54) is 14.2 Å². The minimum Gasteiger partial charge on any atom is -0.493 e. The molecular weight excluding hydrogens is 356 g/mol. The summed E-state index contributed by atoms with van der Waals surface area (Å²) in [6.45, 7) is 8.40. The van der Waals surface area contributed by atoms with Gasteiger partial charge in [-0.3, -0.25) is 0 Å². The predicted molar refractivity (Wildman–Crippen MR) is 101 cm³/mol. The lowest BCUT2D eigenvalue weighted by molar-refractivity contribution is 0.361. The fourth-order valence-corrected chi connectivity index (χ4v) is 3.13. The zero-order valence-corrected chi connectivity index (χ0v) is 17.0. The Balaban J connectivity index is 2.63. The number of rotatable bonds is 7. The lowest BCUT2D eigenvalue weighted by Gasteiger charge is -2.14. The molecule has 2 rings (SSSR count). The molecule has 7 nitrogen and oxygen atoms in total. The smallest absolute Gasteiger partial charge is 0.306 e. The van der Waals surface area contributed by atoms with Crippen LogP contribution in [-0.4, -0.2) is 38.9 Å². The molecule has 2 aromatic rings. The number of H-pyrrole nitrogens is 1. The molecule has 0 saturated heterocycles. The second-order valence-corrected chi connectivity index (χ2v) is 8.27. The maximum Gasteiger partial charge on any atom is 0.306 e. The van der Waals surface area contributed by atoms with Crippen molar-refractivity contribution in [3.63, 3.8) is 0 Å². The molecule has 0 unspecified atom stereocenters. The van der Waals surface area contributed by atoms with Crippen LogP contribution in [0.1, 0.15) is 50.9 Å². The van der Waals surface area contributed by atoms with Gasteiger partial charge in [-0.1, -0.05) is 27.7 Å². The number of hydrogen-bond donors (Lipinski definition) is 1. The third-order valence-corrected chi connectivity index (χ3v) is 4.32. The van der Waals surface area contributed by atoms with E-state index in [2.05, 4.69) is 32.7 Å². The van der Waals surface area contributed by atoms with Gasteiger partial charge in [0.2, 0.25) is 5.75 Å². The molecule has 8 heteroatoms. The molecule has 0 spiro atoms. The Morgan fingerprint density at radius 2 is 1.54 bits per heavy atom. The third kappa shape index (κ3) is 4.30. The van der Waals surface area contributed by atoms with E-state index in [1.807, 2.05) is 0 Å². The van der Waals surface area contributed by atoms with Crippen molar-refractivity contribution in [2.24, 2.45) is 0 Å². The summed E-state index contributed by atoms with van der Waals surface area (Å²) in [5.74, 6) is 1.75. The van der Waals surface area contributed by atoms with Crippen molar-refractivity contribution in [1.29, 1.82) is 0 Å². The molecule has 0 fully saturated rings. The fraction of sp³-hybridized carbons (Fsp3) is 0.500. The molecule has 1 N–H and O–H groups in total. The topological polar surface area (TPSA) is 90.5 Å². The van der Waals surface area contributed by atoms with Crippen molar-refractivity contribution in [2.45, 2.75) is 39.5 Å². The van der Waals surface area contributed by atoms with E-state index in [4.69, 9.17) is 18.6 Å². The number of hydrogen-bond acceptors (Lipinski definition) is 6. The fourth-order valence-electron chi connectivity index (χ4n) is 2.67. The summed E-state index contributed by atoms with van der Waals surface area (Å²) >= 11 is 0. The summed E-state index contributed by atoms with van der Waals surface area (Å²) in [6, 6.07) is 3.35. The Bertz CT molecular complexity index is 834. The van der Waals surface area contributed by atoms with Crippen molar-refractivity contribution >= 4 is 10.1 Å². The highest BCUT2D eigenvalue weighted by Gasteiger charge is 2.22. The lowest BCUT2D eigenvalue weighted by atomic mass is 10.0. The van der Waals surface area contributed by atoms with Gasteiger partial charge in [0.05, 0.1) is 26.2 Å². The van der Waals surface area contributed by atoms with Crippen LogP contribution in [0.15, 0.2) is 12.1 Å². The van der Waals surface area contributed by atoms with Gasteiger partial charge in [0, 0.05) is 11.3 Å². The van der Waals surface area contributed by atoms with Crippen LogP contribution < -0.4 is 13.7 Å². The van der Waals surface area contributed by atoms with Crippen LogP contribution in [0.25, 0.3) is 11.4 Å². The average Bonchev–Trinajstić information content (AvgIpc) is 2.99. The second kappa shape index (κ2) is 7.57. The molecular formula is C18H26N2O5S. The molecule has 0 aliphatic carbocycles. The SMILES string of the molecule is COc1cc(-c2nc(C(C)C)c(C(C)C)[nH]2)cc(OC)c1OS(C)(=O)=O. The zero-order valence-electron chi connectivity index (χ0n) is 16.2. The predicted octanol–water partition coefficient (Wildman–Crippen LogP) is 3.68. The summed E-state index contributed by atoms with van der Waals surface area (Å²) in [5, 5.41) is 0. The van der Waals surface area contributed by atoms with Crippen LogP contribution in [0.5, 0.6) is 17.2 Å². The van der Waals surface area contributed by atoms with Gasteiger partial charge in [-0.2, -0.15) is 8.42 Å². The zero-order chi connectivity index (χ0) is 19.6. The number of nitrogens with zero attached hydrogens (tertiary/aromatic N) is 1. The van der Waals surface area contributed by atoms with Crippen molar-refractivity contribution in [1.82, 2.24) is 9.97 Å². The van der Waals surface area contributed by atoms with Crippen LogP contribution in [0.2, 0.25) is 0 Å². The third-order valence-electron chi connectivity index (χ3n) is 3.85. The van der Waals surface area contributed by atoms with Gasteiger partial charge in [0.15, 0.2) is 11.5 Å². The van der Waals surface area contributed by atoms with E-state index < -0.39 is 10.1 Å². The van der Waals surface area contributed by atoms with Gasteiger partial charge in [0.25, 0.3) is 0 Å². The quantitative estimate of drug-likeness (QED) is 0.735. The first-order valence-electron chi connectivity index (χ1n) is 8.33. The van der Waals surface area contributed by atoms with Gasteiger partial charge in [-0.25, -0.2) is 4.98 Å². The van der Waals surface area contributed by atoms with Gasteiger partial charge in [-0.15, -0.1) is 0 Å². The molecule has 26 heavy (non-hydrogen) atoms. The molecule has 0 aliphatic heterocycles. The summed E-state index contributed by atoms with van der Waals surface area (Å²) in [6.07, 6.45) is 0.968. The minimum atomic E-state index is -3.73. The van der Waals surface area contributed by atoms with Crippen LogP contribution >= 0.6 is 0 Å². The maximum absolute atomic E-state index is 11.5. The lowest BCUT2D eigenvalue weighted by Crippen LogP contribution is -2.08. The summed E-state index contributed by atoms with van der Waals surface area (Å²) in [7, 11) is -0.850. The van der Waals surface area contributed by atoms with E-state index in [0.29, 0.717) is 17.3 Å². The number of imidazole rings is 1. The number of ether oxygens (including phenoxy) is 2. The Labute approximate surface area is 154 Å². The maximum atomic E-state index is 11.5. The van der Waals surface area contributed by atoms with Crippen molar-refractivity contribution < 1.29 is 22.1 Å². The molecule has 1 aromatic heterocycles. The molecule has 0 atom stereocenters. The van der Waals surface area contributed by atoms with Gasteiger partial charge < -0.3 is 18.6 Å². The van der Waals surface area contributed by atoms with E-state index in [0.717, 1.165) is 17.6 Å². The first-order valence-corrected chi connectivity index (χ1v) is 10.1. The van der Waals surface area contributed by atoms with Crippen molar-refractivity contribution in [3.05, 3.63) is 23.5 Å². The molecule has 0 saturated carbocycles. The highest BCUT2D eigenvalue weighted by Crippen LogP contribution is 2.42. The molecule has 0 radical (unpaired) electrons. The molecule has 1 aromatic carbocycles. The normalized spacial score (nSPS) is 11.9. The molecule has 144 valence electrons. The highest BCUT2D eigenvalue weighted by atomic mass is 32.2. The van der Waals surface area contributed by atoms with Crippen LogP contribution in [0.4, 0.5) is 0 Å². The number of aromatic amines is 1. The van der Waals surface area contributed by atoms with E-state index >= 15 is 0 Å². The van der Waals surface area contributed by atoms with Crippen LogP contribution in [-0.2, 0) is 10.1 Å². The van der Waals surface area contributed by atoms with Gasteiger partial charge in [0.1, 0.15) is 5.82 Å². The number of aromatic nitrogens is 2. The Kier molecular flexibility index (Phi) is 5.85. The van der Waals surface area contributed by atoms with E-state index in [1.54, 1.807) is 12.1 Å². The van der Waals surface area contributed by atoms with Gasteiger partial charge in [-0.05, 0) is 24.0 Å². The van der Waals surface area contributed by atoms with Crippen molar-refractivity contribution in [2.75, 3.05) is 20.5 Å². The number of benzene rings is 1. The molecule has 0 amide bonds. The first kappa shape index (κ1) is 20.1. The van der Waals surface area contributed by atoms with Gasteiger partial charge >= 0.3 is 10.1 Å². The van der Waals surface area contributed by atoms with Crippen molar-refractivity contribution in [3.8, 4) is 28.6 Å². The van der Waals surface area contributed by atoms with E-state index in [9.17, 15) is 8.42 Å². The monoisotopic (exact) mass is 382 g/mol. The van der Waals surface area contributed by atoms with Crippen LogP contribution in [0, 0.1) is 0 Å². The first-order chi connectivity index (χ1) is 12.1. The average molecular weight is 382 g/mol. The number of nitrogens with one attached hydrogen (secondary N) is 1. The minimum absolute atomic E-state index is 0.0148. The van der Waals surface area contributed by atoms with Crippen LogP contribution in [0.3, 0.4) is 0 Å². The largest absolute Gasteiger partial charge is 0.493 e. The summed E-state index contributed by atoms with van der Waals surface area (Å²) in [4.78, 5) is 8.10. The standard InChI is InChI=1S/C18H26N2O5S/c1-10(2)15-16(11(3)4)20-18(19-15)12-8-13(23-5)17(14(9-12)24-6)25-26(7,21)22/h8-11H,1-7H3,(H,19,20). The Morgan fingerprint density at radius 1 is 1.00 bits per heavy atom. The molecule has 0 bridgehead atoms. The summed E-state index contributed by atoms with van der Waals surface area (Å²) in [5.41, 5.74) is 2.79. The number of methoxy groups -OCH3 is 2. The summed E-state index contributed by atoms with van der Waals surface area (Å²) < 4.78 is 38.7. The van der Waals surface area contributed by atoms with E-state index in [-0.39, 0.29) is 23.2 Å².